The van der Waals surface area contributed by atoms with E-state index in [1.54, 1.807) is 0 Å². The van der Waals surface area contributed by atoms with Crippen LogP contribution in [-0.4, -0.2) is 44.2 Å². The number of nitrogens with zero attached hydrogens (tertiary/aromatic N) is 1. The zero-order valence-corrected chi connectivity index (χ0v) is 21.8. The molecule has 0 aliphatic heterocycles. The van der Waals surface area contributed by atoms with E-state index in [0.29, 0.717) is 19.2 Å². The van der Waals surface area contributed by atoms with Crippen LogP contribution in [0.4, 0.5) is 5.69 Å². The Morgan fingerprint density at radius 3 is 2.00 bits per heavy atom. The van der Waals surface area contributed by atoms with Crippen molar-refractivity contribution in [2.45, 2.75) is 103 Å². The molecule has 0 aliphatic carbocycles. The third-order valence-electron chi connectivity index (χ3n) is 5.87. The van der Waals surface area contributed by atoms with E-state index in [-0.39, 0.29) is 0 Å². The van der Waals surface area contributed by atoms with Gasteiger partial charge in [-0.3, -0.25) is 0 Å². The van der Waals surface area contributed by atoms with Gasteiger partial charge in [0.25, 0.3) is 0 Å². The molecule has 0 saturated heterocycles. The molecule has 4 heteroatoms. The number of hydrogen-bond acceptors (Lipinski definition) is 4. The predicted octanol–water partition coefficient (Wildman–Crippen LogP) is 7.03. The van der Waals surface area contributed by atoms with Gasteiger partial charge in [0.2, 0.25) is 0 Å². The van der Waals surface area contributed by atoms with Gasteiger partial charge < -0.3 is 15.0 Å². The van der Waals surface area contributed by atoms with Crippen molar-refractivity contribution in [1.82, 2.24) is 4.90 Å². The summed E-state index contributed by atoms with van der Waals surface area (Å²) in [6.07, 6.45) is 17.9. The van der Waals surface area contributed by atoms with E-state index in [1.807, 2.05) is 43.3 Å². The second-order valence-electron chi connectivity index (χ2n) is 9.49. The van der Waals surface area contributed by atoms with Crippen molar-refractivity contribution in [2.24, 2.45) is 0 Å². The maximum absolute atomic E-state index is 11.6. The van der Waals surface area contributed by atoms with Crippen LogP contribution >= 0.6 is 0 Å². The predicted molar refractivity (Wildman–Crippen MR) is 142 cm³/mol. The molecule has 0 saturated carbocycles. The number of hydrogen-bond donors (Lipinski definition) is 1. The van der Waals surface area contributed by atoms with Gasteiger partial charge in [0.05, 0.1) is 0 Å². The highest BCUT2D eigenvalue weighted by molar-refractivity contribution is 5.89. The van der Waals surface area contributed by atoms with Crippen molar-refractivity contribution >= 4 is 11.7 Å². The van der Waals surface area contributed by atoms with Crippen LogP contribution in [0.2, 0.25) is 0 Å². The lowest BCUT2D eigenvalue weighted by Gasteiger charge is -2.15. The van der Waals surface area contributed by atoms with Crippen LogP contribution in [0.1, 0.15) is 103 Å². The van der Waals surface area contributed by atoms with Crippen LogP contribution in [0.25, 0.3) is 0 Å². The van der Waals surface area contributed by atoms with Crippen LogP contribution in [0.5, 0.6) is 0 Å². The zero-order chi connectivity index (χ0) is 24.2. The number of likely N-dealkylation sites (N-methyl/N-ethyl adjacent to an activating group) is 1. The summed E-state index contributed by atoms with van der Waals surface area (Å²) in [5.41, 5.74) is 1.92. The topological polar surface area (TPSA) is 41.6 Å². The number of rotatable bonds is 18. The molecule has 0 amide bonds. The van der Waals surface area contributed by atoms with E-state index in [4.69, 9.17) is 4.74 Å². The molecule has 0 aromatic heterocycles. The largest absolute Gasteiger partial charge is 0.455 e. The first kappa shape index (κ1) is 29.0. The Hall–Kier alpha value is -1.99. The van der Waals surface area contributed by atoms with Gasteiger partial charge in [0.1, 0.15) is 6.61 Å². The maximum Gasteiger partial charge on any atom is 0.384 e. The lowest BCUT2D eigenvalue weighted by molar-refractivity contribution is -0.136. The summed E-state index contributed by atoms with van der Waals surface area (Å²) in [5.74, 6) is 4.95. The minimum atomic E-state index is -0.477. The van der Waals surface area contributed by atoms with Gasteiger partial charge in [-0.25, -0.2) is 4.79 Å². The molecule has 1 atom stereocenters. The highest BCUT2D eigenvalue weighted by Crippen LogP contribution is 2.15. The lowest BCUT2D eigenvalue weighted by Crippen LogP contribution is -2.19. The molecule has 0 bridgehead atoms. The van der Waals surface area contributed by atoms with Crippen LogP contribution in [0.15, 0.2) is 24.3 Å². The lowest BCUT2D eigenvalue weighted by atomic mass is 10.0. The van der Waals surface area contributed by atoms with Crippen LogP contribution in [0.3, 0.4) is 0 Å². The van der Waals surface area contributed by atoms with Crippen molar-refractivity contribution in [2.75, 3.05) is 32.6 Å². The molecule has 1 unspecified atom stereocenters. The highest BCUT2D eigenvalue weighted by atomic mass is 16.5. The first-order valence-corrected chi connectivity index (χ1v) is 13.2. The average Bonchev–Trinajstić information content (AvgIpc) is 2.79. The molecule has 0 spiro atoms. The van der Waals surface area contributed by atoms with Gasteiger partial charge in [-0.2, -0.15) is 0 Å². The number of ether oxygens (including phenoxy) is 1. The third kappa shape index (κ3) is 17.2. The average molecular weight is 457 g/mol. The van der Waals surface area contributed by atoms with E-state index in [2.05, 4.69) is 31.0 Å². The van der Waals surface area contributed by atoms with E-state index in [0.717, 1.165) is 11.3 Å². The molecule has 1 rings (SSSR count). The van der Waals surface area contributed by atoms with Crippen molar-refractivity contribution in [3.8, 4) is 11.8 Å². The number of benzene rings is 1. The Labute approximate surface area is 203 Å². The highest BCUT2D eigenvalue weighted by Gasteiger charge is 2.03. The van der Waals surface area contributed by atoms with E-state index in [9.17, 15) is 4.79 Å². The van der Waals surface area contributed by atoms with Crippen molar-refractivity contribution in [1.29, 1.82) is 0 Å². The minimum Gasteiger partial charge on any atom is -0.455 e. The Morgan fingerprint density at radius 2 is 1.45 bits per heavy atom. The fourth-order valence-corrected chi connectivity index (χ4v) is 3.78. The molecule has 1 aromatic carbocycles. The van der Waals surface area contributed by atoms with E-state index >= 15 is 0 Å². The molecule has 1 aromatic rings. The molecule has 186 valence electrons. The van der Waals surface area contributed by atoms with E-state index in [1.165, 1.54) is 83.5 Å². The number of anilines is 1. The summed E-state index contributed by atoms with van der Waals surface area (Å²) in [5, 5.41) is 3.57. The number of esters is 1. The molecule has 4 nitrogen and oxygen atoms in total. The molecule has 0 fully saturated rings. The van der Waals surface area contributed by atoms with Crippen LogP contribution in [0, 0.1) is 11.8 Å². The second kappa shape index (κ2) is 19.5. The van der Waals surface area contributed by atoms with Gasteiger partial charge in [-0.1, -0.05) is 89.9 Å². The fourth-order valence-electron chi connectivity index (χ4n) is 3.78. The molecule has 0 radical (unpaired) electrons. The van der Waals surface area contributed by atoms with Crippen molar-refractivity contribution in [3.05, 3.63) is 29.8 Å². The third-order valence-corrected chi connectivity index (χ3v) is 5.87. The number of unbranched alkanes of at least 4 members (excludes halogenated alkanes) is 11. The Bertz CT molecular complexity index is 673. The summed E-state index contributed by atoms with van der Waals surface area (Å²) in [6, 6.07) is 8.40. The first-order valence-electron chi connectivity index (χ1n) is 13.2. The second-order valence-corrected chi connectivity index (χ2v) is 9.49. The molecular formula is C29H48N2O2. The Kier molecular flexibility index (Phi) is 17.1. The molecule has 0 heterocycles. The van der Waals surface area contributed by atoms with E-state index < -0.39 is 5.97 Å². The normalized spacial score (nSPS) is 11.7. The number of nitrogens with one attached hydrogen (secondary N) is 1. The SMILES string of the molecule is CCCCCCCCCCCCCCC(C)Nc1ccc(C#CC(=O)OCCN(C)C)cc1. The fraction of sp³-hybridized carbons (Fsp3) is 0.690. The van der Waals surface area contributed by atoms with Crippen molar-refractivity contribution in [3.63, 3.8) is 0 Å². The number of carbonyl (C=O) groups is 1. The molecular weight excluding hydrogens is 408 g/mol. The van der Waals surface area contributed by atoms with Gasteiger partial charge in [-0.15, -0.1) is 0 Å². The van der Waals surface area contributed by atoms with Gasteiger partial charge in [-0.05, 0) is 51.7 Å². The van der Waals surface area contributed by atoms with Crippen LogP contribution in [-0.2, 0) is 9.53 Å². The van der Waals surface area contributed by atoms with Gasteiger partial charge in [0, 0.05) is 29.8 Å². The minimum absolute atomic E-state index is 0.362. The van der Waals surface area contributed by atoms with Crippen molar-refractivity contribution < 1.29 is 9.53 Å². The smallest absolute Gasteiger partial charge is 0.384 e. The molecule has 1 N–H and O–H groups in total. The molecule has 33 heavy (non-hydrogen) atoms. The first-order chi connectivity index (χ1) is 16.0. The zero-order valence-electron chi connectivity index (χ0n) is 21.8. The quantitative estimate of drug-likeness (QED) is 0.146. The monoisotopic (exact) mass is 456 g/mol. The summed E-state index contributed by atoms with van der Waals surface area (Å²) in [4.78, 5) is 13.6. The van der Waals surface area contributed by atoms with Gasteiger partial charge >= 0.3 is 5.97 Å². The summed E-state index contributed by atoms with van der Waals surface area (Å²) in [6.45, 7) is 5.59. The number of carbonyl (C=O) groups excluding carboxylic acids is 1. The van der Waals surface area contributed by atoms with Crippen LogP contribution < -0.4 is 5.32 Å². The maximum atomic E-state index is 11.6. The summed E-state index contributed by atoms with van der Waals surface area (Å²) >= 11 is 0. The Morgan fingerprint density at radius 1 is 0.909 bits per heavy atom. The van der Waals surface area contributed by atoms with Gasteiger partial charge in [0.15, 0.2) is 0 Å². The summed E-state index contributed by atoms with van der Waals surface area (Å²) < 4.78 is 5.08. The standard InChI is InChI=1S/C29H48N2O2/c1-5-6-7-8-9-10-11-12-13-14-15-16-17-26(2)30-28-21-18-27(19-22-28)20-23-29(32)33-25-24-31(3)4/h18-19,21-22,26,30H,5-17,24-25H2,1-4H3. The summed E-state index contributed by atoms with van der Waals surface area (Å²) in [7, 11) is 3.88. The molecule has 0 aliphatic rings. The Balaban J connectivity index is 2.10.